The van der Waals surface area contributed by atoms with Crippen LogP contribution in [-0.4, -0.2) is 52.8 Å². The number of fused-ring (bicyclic) bond motifs is 1. The maximum atomic E-state index is 14.0. The summed E-state index contributed by atoms with van der Waals surface area (Å²) in [7, 11) is 5.63. The van der Waals surface area contributed by atoms with Gasteiger partial charge in [-0.25, -0.2) is 14.1 Å². The van der Waals surface area contributed by atoms with E-state index in [0.717, 1.165) is 49.0 Å². The van der Waals surface area contributed by atoms with Crippen molar-refractivity contribution in [2.75, 3.05) is 21.1 Å². The third kappa shape index (κ3) is 5.07. The molecule has 0 saturated heterocycles. The van der Waals surface area contributed by atoms with Crippen LogP contribution in [0, 0.1) is 5.82 Å². The Morgan fingerprint density at radius 2 is 2.21 bits per heavy atom. The van der Waals surface area contributed by atoms with E-state index in [4.69, 9.17) is 0 Å². The van der Waals surface area contributed by atoms with Gasteiger partial charge in [-0.05, 0) is 38.2 Å². The number of hydrogen-bond acceptors (Lipinski definition) is 4. The van der Waals surface area contributed by atoms with Crippen LogP contribution in [0.5, 0.6) is 0 Å². The third-order valence-electron chi connectivity index (χ3n) is 4.84. The van der Waals surface area contributed by atoms with Gasteiger partial charge in [-0.2, -0.15) is 5.10 Å². The second kappa shape index (κ2) is 9.14. The minimum Gasteiger partial charge on any atom is -0.352 e. The van der Waals surface area contributed by atoms with Crippen LogP contribution in [0.3, 0.4) is 0 Å². The van der Waals surface area contributed by atoms with Crippen LogP contribution in [0.2, 0.25) is 0 Å². The van der Waals surface area contributed by atoms with E-state index in [0.29, 0.717) is 18.7 Å². The quantitative estimate of drug-likeness (QED) is 0.583. The van der Waals surface area contributed by atoms with Crippen LogP contribution in [0.25, 0.3) is 0 Å². The lowest BCUT2D eigenvalue weighted by atomic mass is 10.1. The molecule has 0 saturated carbocycles. The number of benzene rings is 1. The number of aliphatic imine (C=N–C) groups is 1. The predicted octanol–water partition coefficient (Wildman–Crippen LogP) is 1.72. The molecule has 0 amide bonds. The molecule has 0 fully saturated rings. The van der Waals surface area contributed by atoms with E-state index < -0.39 is 0 Å². The molecule has 1 aromatic carbocycles. The lowest BCUT2D eigenvalue weighted by molar-refractivity contribution is 0.391. The molecule has 7 nitrogen and oxygen atoms in total. The Hall–Kier alpha value is -2.48. The first-order valence-corrected chi connectivity index (χ1v) is 9.80. The highest BCUT2D eigenvalue weighted by Crippen LogP contribution is 2.14. The molecule has 0 aliphatic carbocycles. The molecule has 0 radical (unpaired) electrons. The molecule has 1 aliphatic rings. The number of hydrogen-bond donors (Lipinski definition) is 2. The molecule has 1 atom stereocenters. The maximum Gasteiger partial charge on any atom is 0.191 e. The molecule has 1 unspecified atom stereocenters. The van der Waals surface area contributed by atoms with Gasteiger partial charge in [-0.15, -0.1) is 0 Å². The van der Waals surface area contributed by atoms with E-state index in [1.807, 2.05) is 35.8 Å². The Balaban J connectivity index is 1.57. The Bertz CT molecular complexity index is 828. The first-order chi connectivity index (χ1) is 13.5. The molecule has 28 heavy (non-hydrogen) atoms. The van der Waals surface area contributed by atoms with Crippen molar-refractivity contribution >= 4 is 5.96 Å². The molecule has 2 heterocycles. The van der Waals surface area contributed by atoms with Crippen LogP contribution >= 0.6 is 0 Å². The van der Waals surface area contributed by atoms with Gasteiger partial charge in [0.1, 0.15) is 11.6 Å². The summed E-state index contributed by atoms with van der Waals surface area (Å²) < 4.78 is 16.0. The zero-order chi connectivity index (χ0) is 20.1. The largest absolute Gasteiger partial charge is 0.352 e. The molecule has 8 heteroatoms. The summed E-state index contributed by atoms with van der Waals surface area (Å²) in [6, 6.07) is 5.50. The summed E-state index contributed by atoms with van der Waals surface area (Å²) in [4.78, 5) is 10.8. The van der Waals surface area contributed by atoms with Gasteiger partial charge < -0.3 is 15.5 Å². The Kier molecular flexibility index (Phi) is 6.61. The molecular formula is C20H30FN7. The fraction of sp³-hybridized carbons (Fsp3) is 0.550. The summed E-state index contributed by atoms with van der Waals surface area (Å²) in [6.07, 6.45) is 2.76. The normalized spacial score (nSPS) is 16.9. The van der Waals surface area contributed by atoms with Crippen LogP contribution in [0.1, 0.15) is 36.1 Å². The maximum absolute atomic E-state index is 14.0. The molecule has 152 valence electrons. The van der Waals surface area contributed by atoms with Crippen molar-refractivity contribution in [2.45, 2.75) is 51.9 Å². The van der Waals surface area contributed by atoms with Gasteiger partial charge in [0.15, 0.2) is 11.8 Å². The minimum absolute atomic E-state index is 0.169. The number of guanidine groups is 1. The van der Waals surface area contributed by atoms with Crippen LogP contribution in [0.4, 0.5) is 4.39 Å². The van der Waals surface area contributed by atoms with E-state index in [2.05, 4.69) is 32.6 Å². The Labute approximate surface area is 166 Å². The molecule has 2 aromatic rings. The van der Waals surface area contributed by atoms with E-state index in [1.165, 1.54) is 6.07 Å². The molecular weight excluding hydrogens is 357 g/mol. The second-order valence-electron chi connectivity index (χ2n) is 7.45. The van der Waals surface area contributed by atoms with Gasteiger partial charge in [0.25, 0.3) is 0 Å². The highest BCUT2D eigenvalue weighted by atomic mass is 19.1. The number of nitrogens with zero attached hydrogens (tertiary/aromatic N) is 5. The van der Waals surface area contributed by atoms with Crippen molar-refractivity contribution in [1.82, 2.24) is 30.3 Å². The molecule has 1 aromatic heterocycles. The summed E-state index contributed by atoms with van der Waals surface area (Å²) in [5.41, 5.74) is 1.72. The van der Waals surface area contributed by atoms with Gasteiger partial charge in [0.05, 0.1) is 6.54 Å². The molecule has 0 bridgehead atoms. The van der Waals surface area contributed by atoms with E-state index in [1.54, 1.807) is 7.05 Å². The SMILES string of the molecule is CCc1nc2n(n1)CC(NC(=NC)NCc1ccc(F)c(CN(C)C)c1)CC2. The minimum atomic E-state index is -0.169. The molecule has 2 N–H and O–H groups in total. The van der Waals surface area contributed by atoms with Crippen LogP contribution < -0.4 is 10.6 Å². The topological polar surface area (TPSA) is 70.4 Å². The van der Waals surface area contributed by atoms with Gasteiger partial charge in [-0.3, -0.25) is 4.99 Å². The van der Waals surface area contributed by atoms with Gasteiger partial charge in [0, 0.05) is 44.6 Å². The standard InChI is InChI=1S/C20H30FN7/c1-5-18-25-19-9-7-16(13-28(19)26-18)24-20(22-2)23-11-14-6-8-17(21)15(10-14)12-27(3)4/h6,8,10,16H,5,7,9,11-13H2,1-4H3,(H2,22,23,24). The Morgan fingerprint density at radius 3 is 2.93 bits per heavy atom. The van der Waals surface area contributed by atoms with Gasteiger partial charge >= 0.3 is 0 Å². The van der Waals surface area contributed by atoms with Crippen molar-refractivity contribution in [1.29, 1.82) is 0 Å². The fourth-order valence-corrected chi connectivity index (χ4v) is 3.40. The highest BCUT2D eigenvalue weighted by Gasteiger charge is 2.22. The monoisotopic (exact) mass is 387 g/mol. The van der Waals surface area contributed by atoms with Gasteiger partial charge in [-0.1, -0.05) is 13.0 Å². The summed E-state index contributed by atoms with van der Waals surface area (Å²) in [5.74, 6) is 2.54. The Morgan fingerprint density at radius 1 is 1.39 bits per heavy atom. The summed E-state index contributed by atoms with van der Waals surface area (Å²) in [6.45, 7) is 4.02. The number of aromatic nitrogens is 3. The third-order valence-corrected chi connectivity index (χ3v) is 4.84. The second-order valence-corrected chi connectivity index (χ2v) is 7.45. The number of halogens is 1. The number of rotatable bonds is 6. The van der Waals surface area contributed by atoms with Crippen molar-refractivity contribution in [2.24, 2.45) is 4.99 Å². The highest BCUT2D eigenvalue weighted by molar-refractivity contribution is 5.79. The van der Waals surface area contributed by atoms with E-state index >= 15 is 0 Å². The molecule has 1 aliphatic heterocycles. The average Bonchev–Trinajstić information content (AvgIpc) is 3.09. The lowest BCUT2D eigenvalue weighted by Crippen LogP contribution is -2.46. The first kappa shape index (κ1) is 20.3. The first-order valence-electron chi connectivity index (χ1n) is 9.80. The van der Waals surface area contributed by atoms with Crippen LogP contribution in [0.15, 0.2) is 23.2 Å². The zero-order valence-electron chi connectivity index (χ0n) is 17.2. The smallest absolute Gasteiger partial charge is 0.191 e. The number of nitrogens with one attached hydrogen (secondary N) is 2. The van der Waals surface area contributed by atoms with Crippen molar-refractivity contribution in [3.63, 3.8) is 0 Å². The van der Waals surface area contributed by atoms with Crippen molar-refractivity contribution < 1.29 is 4.39 Å². The molecule has 3 rings (SSSR count). The average molecular weight is 388 g/mol. The van der Waals surface area contributed by atoms with Crippen molar-refractivity contribution in [3.05, 3.63) is 46.8 Å². The molecule has 0 spiro atoms. The predicted molar refractivity (Wildman–Crippen MR) is 109 cm³/mol. The summed E-state index contributed by atoms with van der Waals surface area (Å²) >= 11 is 0. The van der Waals surface area contributed by atoms with Gasteiger partial charge in [0.2, 0.25) is 0 Å². The summed E-state index contributed by atoms with van der Waals surface area (Å²) in [5, 5.41) is 11.4. The zero-order valence-corrected chi connectivity index (χ0v) is 17.2. The van der Waals surface area contributed by atoms with E-state index in [-0.39, 0.29) is 11.9 Å². The number of aryl methyl sites for hydroxylation is 2. The van der Waals surface area contributed by atoms with Crippen molar-refractivity contribution in [3.8, 4) is 0 Å². The van der Waals surface area contributed by atoms with E-state index in [9.17, 15) is 4.39 Å². The lowest BCUT2D eigenvalue weighted by Gasteiger charge is -2.25. The van der Waals surface area contributed by atoms with Crippen LogP contribution in [-0.2, 0) is 32.5 Å². The fourth-order valence-electron chi connectivity index (χ4n) is 3.40.